The van der Waals surface area contributed by atoms with Crippen molar-refractivity contribution in [3.63, 3.8) is 0 Å². The van der Waals surface area contributed by atoms with E-state index in [0.29, 0.717) is 18.1 Å². The highest BCUT2D eigenvalue weighted by atomic mass is 32.1. The van der Waals surface area contributed by atoms with Crippen LogP contribution in [0, 0.1) is 0 Å². The molecule has 6 heteroatoms. The molecule has 0 atom stereocenters. The van der Waals surface area contributed by atoms with E-state index in [1.807, 2.05) is 12.4 Å². The Morgan fingerprint density at radius 3 is 2.95 bits per heavy atom. The van der Waals surface area contributed by atoms with Gasteiger partial charge in [0.1, 0.15) is 0 Å². The number of rotatable bonds is 6. The Bertz CT molecular complexity index is 548. The Labute approximate surface area is 120 Å². The van der Waals surface area contributed by atoms with Gasteiger partial charge in [0.25, 0.3) is 0 Å². The minimum atomic E-state index is -0.00400. The van der Waals surface area contributed by atoms with E-state index in [2.05, 4.69) is 34.7 Å². The summed E-state index contributed by atoms with van der Waals surface area (Å²) in [6, 6.07) is 4.22. The molecule has 2 N–H and O–H groups in total. The maximum Gasteiger partial charge on any atom is 0.227 e. The summed E-state index contributed by atoms with van der Waals surface area (Å²) in [6.45, 7) is 2.82. The average molecular weight is 295 g/mol. The second kappa shape index (κ2) is 6.79. The first-order chi connectivity index (χ1) is 9.22. The van der Waals surface area contributed by atoms with Crippen LogP contribution in [0.1, 0.15) is 18.2 Å². The summed E-state index contributed by atoms with van der Waals surface area (Å²) in [4.78, 5) is 18.5. The minimum Gasteiger partial charge on any atom is -0.319 e. The van der Waals surface area contributed by atoms with Crippen LogP contribution in [0.5, 0.6) is 0 Å². The van der Waals surface area contributed by atoms with Crippen molar-refractivity contribution < 1.29 is 4.79 Å². The highest BCUT2D eigenvalue weighted by Gasteiger charge is 2.09. The smallest absolute Gasteiger partial charge is 0.227 e. The molecule has 0 saturated carbocycles. The van der Waals surface area contributed by atoms with Crippen molar-refractivity contribution in [2.45, 2.75) is 19.8 Å². The van der Waals surface area contributed by atoms with E-state index in [1.54, 1.807) is 11.3 Å². The zero-order valence-corrected chi connectivity index (χ0v) is 12.7. The van der Waals surface area contributed by atoms with E-state index in [0.717, 1.165) is 17.0 Å². The quantitative estimate of drug-likeness (QED) is 0.861. The summed E-state index contributed by atoms with van der Waals surface area (Å²) >= 11 is 3.22. The highest BCUT2D eigenvalue weighted by Crippen LogP contribution is 2.30. The zero-order chi connectivity index (χ0) is 13.7. The zero-order valence-electron chi connectivity index (χ0n) is 11.0. The van der Waals surface area contributed by atoms with Gasteiger partial charge >= 0.3 is 0 Å². The lowest BCUT2D eigenvalue weighted by molar-refractivity contribution is -0.116. The molecular weight excluding hydrogens is 278 g/mol. The second-order valence-corrected chi connectivity index (χ2v) is 6.09. The topological polar surface area (TPSA) is 54.0 Å². The van der Waals surface area contributed by atoms with Crippen LogP contribution in [-0.2, 0) is 11.2 Å². The Morgan fingerprint density at radius 2 is 2.26 bits per heavy atom. The summed E-state index contributed by atoms with van der Waals surface area (Å²) < 4.78 is 0. The molecule has 19 heavy (non-hydrogen) atoms. The lowest BCUT2D eigenvalue weighted by atomic mass is 10.3. The number of aryl methyl sites for hydroxylation is 1. The van der Waals surface area contributed by atoms with E-state index in [4.69, 9.17) is 0 Å². The SMILES string of the molecule is CCc1ccc(-c2csc(NC(=O)CCNC)n2)s1. The number of aromatic nitrogens is 1. The van der Waals surface area contributed by atoms with Gasteiger partial charge in [-0.2, -0.15) is 0 Å². The van der Waals surface area contributed by atoms with Gasteiger partial charge in [0, 0.05) is 23.2 Å². The number of thiophene rings is 1. The normalized spacial score (nSPS) is 10.6. The number of anilines is 1. The first kappa shape index (κ1) is 14.2. The van der Waals surface area contributed by atoms with Crippen LogP contribution in [0.4, 0.5) is 5.13 Å². The van der Waals surface area contributed by atoms with Crippen molar-refractivity contribution in [2.75, 3.05) is 18.9 Å². The molecule has 0 unspecified atom stereocenters. The molecule has 0 aromatic carbocycles. The van der Waals surface area contributed by atoms with Crippen LogP contribution in [0.15, 0.2) is 17.5 Å². The van der Waals surface area contributed by atoms with E-state index in [1.165, 1.54) is 16.2 Å². The molecule has 0 bridgehead atoms. The van der Waals surface area contributed by atoms with E-state index in [9.17, 15) is 4.79 Å². The molecule has 2 heterocycles. The number of amides is 1. The van der Waals surface area contributed by atoms with Crippen LogP contribution < -0.4 is 10.6 Å². The van der Waals surface area contributed by atoms with Gasteiger partial charge in [-0.15, -0.1) is 22.7 Å². The molecule has 102 valence electrons. The first-order valence-electron chi connectivity index (χ1n) is 6.22. The Morgan fingerprint density at radius 1 is 1.42 bits per heavy atom. The van der Waals surface area contributed by atoms with E-state index < -0.39 is 0 Å². The summed E-state index contributed by atoms with van der Waals surface area (Å²) in [5, 5.41) is 8.42. The monoisotopic (exact) mass is 295 g/mol. The van der Waals surface area contributed by atoms with Gasteiger partial charge in [-0.05, 0) is 25.6 Å². The molecule has 2 aromatic heterocycles. The van der Waals surface area contributed by atoms with Gasteiger partial charge < -0.3 is 10.6 Å². The highest BCUT2D eigenvalue weighted by molar-refractivity contribution is 7.17. The van der Waals surface area contributed by atoms with Gasteiger partial charge in [-0.1, -0.05) is 6.92 Å². The number of hydrogen-bond acceptors (Lipinski definition) is 5. The Balaban J connectivity index is 2.00. The number of nitrogens with one attached hydrogen (secondary N) is 2. The Kier molecular flexibility index (Phi) is 5.07. The first-order valence-corrected chi connectivity index (χ1v) is 7.91. The van der Waals surface area contributed by atoms with Crippen LogP contribution in [0.25, 0.3) is 10.6 Å². The molecule has 0 spiro atoms. The number of thiazole rings is 1. The summed E-state index contributed by atoms with van der Waals surface area (Å²) in [6.07, 6.45) is 1.51. The van der Waals surface area contributed by atoms with Crippen LogP contribution in [0.3, 0.4) is 0 Å². The Hall–Kier alpha value is -1.24. The molecule has 0 aliphatic carbocycles. The molecule has 2 aromatic rings. The maximum absolute atomic E-state index is 11.6. The molecule has 0 aliphatic rings. The second-order valence-electron chi connectivity index (χ2n) is 4.06. The molecule has 0 aliphatic heterocycles. The van der Waals surface area contributed by atoms with Crippen LogP contribution in [-0.4, -0.2) is 24.5 Å². The summed E-state index contributed by atoms with van der Waals surface area (Å²) in [5.74, 6) is -0.00400. The van der Waals surface area contributed by atoms with Gasteiger partial charge in [0.15, 0.2) is 5.13 Å². The fourth-order valence-electron chi connectivity index (χ4n) is 1.57. The predicted molar refractivity (Wildman–Crippen MR) is 82.0 cm³/mol. The molecular formula is C13H17N3OS2. The fourth-order valence-corrected chi connectivity index (χ4v) is 3.28. The third-order valence-corrected chi connectivity index (χ3v) is 4.62. The van der Waals surface area contributed by atoms with Crippen molar-refractivity contribution in [1.29, 1.82) is 0 Å². The number of carbonyl (C=O) groups is 1. The van der Waals surface area contributed by atoms with E-state index >= 15 is 0 Å². The summed E-state index contributed by atoms with van der Waals surface area (Å²) in [7, 11) is 1.83. The van der Waals surface area contributed by atoms with Crippen LogP contribution in [0.2, 0.25) is 0 Å². The average Bonchev–Trinajstić information content (AvgIpc) is 3.04. The third kappa shape index (κ3) is 3.86. The maximum atomic E-state index is 11.6. The third-order valence-electron chi connectivity index (χ3n) is 2.62. The lowest BCUT2D eigenvalue weighted by Gasteiger charge is -2.00. The van der Waals surface area contributed by atoms with Crippen molar-refractivity contribution in [3.05, 3.63) is 22.4 Å². The predicted octanol–water partition coefficient (Wildman–Crippen LogP) is 2.98. The van der Waals surface area contributed by atoms with Gasteiger partial charge in [-0.3, -0.25) is 4.79 Å². The molecule has 4 nitrogen and oxygen atoms in total. The number of carbonyl (C=O) groups excluding carboxylic acids is 1. The molecule has 0 fully saturated rings. The van der Waals surface area contributed by atoms with Crippen LogP contribution >= 0.6 is 22.7 Å². The lowest BCUT2D eigenvalue weighted by Crippen LogP contribution is -2.18. The molecule has 0 saturated heterocycles. The van der Waals surface area contributed by atoms with Crippen molar-refractivity contribution in [3.8, 4) is 10.6 Å². The number of nitrogens with zero attached hydrogens (tertiary/aromatic N) is 1. The largest absolute Gasteiger partial charge is 0.319 e. The van der Waals surface area contributed by atoms with Gasteiger partial charge in [0.2, 0.25) is 5.91 Å². The van der Waals surface area contributed by atoms with Crippen molar-refractivity contribution >= 4 is 33.7 Å². The number of hydrogen-bond donors (Lipinski definition) is 2. The molecule has 2 rings (SSSR count). The standard InChI is InChI=1S/C13H17N3OS2/c1-3-9-4-5-11(19-9)10-8-18-13(15-10)16-12(17)6-7-14-2/h4-5,8,14H,3,6-7H2,1-2H3,(H,15,16,17). The molecule has 0 radical (unpaired) electrons. The van der Waals surface area contributed by atoms with Crippen molar-refractivity contribution in [1.82, 2.24) is 10.3 Å². The van der Waals surface area contributed by atoms with Crippen molar-refractivity contribution in [2.24, 2.45) is 0 Å². The summed E-state index contributed by atoms with van der Waals surface area (Å²) in [5.41, 5.74) is 0.943. The minimum absolute atomic E-state index is 0.00400. The fraction of sp³-hybridized carbons (Fsp3) is 0.385. The van der Waals surface area contributed by atoms with E-state index in [-0.39, 0.29) is 5.91 Å². The van der Waals surface area contributed by atoms with Gasteiger partial charge in [0.05, 0.1) is 10.6 Å². The molecule has 1 amide bonds. The van der Waals surface area contributed by atoms with Gasteiger partial charge in [-0.25, -0.2) is 4.98 Å².